The molecule has 0 spiro atoms. The summed E-state index contributed by atoms with van der Waals surface area (Å²) in [4.78, 5) is 15.8. The van der Waals surface area contributed by atoms with Crippen molar-refractivity contribution in [1.29, 1.82) is 0 Å². The zero-order chi connectivity index (χ0) is 16.2. The molecular weight excluding hydrogens is 302 g/mol. The Morgan fingerprint density at radius 2 is 1.87 bits per heavy atom. The smallest absolute Gasteiger partial charge is 0.410 e. The molecule has 1 unspecified atom stereocenters. The first-order valence-corrected chi connectivity index (χ1v) is 8.29. The molecule has 0 N–H and O–H groups in total. The second-order valence-electron chi connectivity index (χ2n) is 6.24. The van der Waals surface area contributed by atoms with E-state index in [1.54, 1.807) is 4.90 Å². The number of carbonyl (C=O) groups is 1. The molecule has 0 aromatic heterocycles. The van der Waals surface area contributed by atoms with Gasteiger partial charge >= 0.3 is 6.09 Å². The molecule has 2 fully saturated rings. The van der Waals surface area contributed by atoms with E-state index in [0.717, 1.165) is 51.3 Å². The molecule has 2 aliphatic rings. The van der Waals surface area contributed by atoms with Crippen molar-refractivity contribution in [2.75, 3.05) is 31.1 Å². The van der Waals surface area contributed by atoms with Crippen molar-refractivity contribution in [2.45, 2.75) is 38.2 Å². The van der Waals surface area contributed by atoms with Gasteiger partial charge in [-0.1, -0.05) is 0 Å². The van der Waals surface area contributed by atoms with Crippen molar-refractivity contribution in [1.82, 2.24) is 4.90 Å². The van der Waals surface area contributed by atoms with E-state index in [-0.39, 0.29) is 12.2 Å². The number of rotatable bonds is 2. The molecule has 4 nitrogen and oxygen atoms in total. The van der Waals surface area contributed by atoms with Crippen LogP contribution in [-0.2, 0) is 4.74 Å². The number of hydrogen-bond acceptors (Lipinski definition) is 3. The van der Waals surface area contributed by atoms with E-state index in [9.17, 15) is 13.6 Å². The van der Waals surface area contributed by atoms with Gasteiger partial charge in [0.15, 0.2) is 0 Å². The number of likely N-dealkylation sites (tertiary alicyclic amines) is 1. The number of amides is 1. The highest BCUT2D eigenvalue weighted by atomic mass is 19.1. The second-order valence-corrected chi connectivity index (χ2v) is 6.24. The lowest BCUT2D eigenvalue weighted by molar-refractivity contribution is 0.0515. The van der Waals surface area contributed by atoms with E-state index in [2.05, 4.69) is 0 Å². The average molecular weight is 324 g/mol. The van der Waals surface area contributed by atoms with Crippen LogP contribution in [0.15, 0.2) is 18.2 Å². The van der Waals surface area contributed by atoms with Crippen LogP contribution in [0.5, 0.6) is 0 Å². The maximum Gasteiger partial charge on any atom is 0.410 e. The van der Waals surface area contributed by atoms with Gasteiger partial charge in [0.2, 0.25) is 0 Å². The predicted octanol–water partition coefficient (Wildman–Crippen LogP) is 3.56. The lowest BCUT2D eigenvalue weighted by atomic mass is 10.1. The number of benzene rings is 1. The molecule has 2 saturated heterocycles. The molecular formula is C17H22F2N2O2. The number of halogens is 2. The molecule has 1 amide bonds. The fourth-order valence-corrected chi connectivity index (χ4v) is 3.28. The van der Waals surface area contributed by atoms with Crippen LogP contribution < -0.4 is 4.90 Å². The highest BCUT2D eigenvalue weighted by molar-refractivity contribution is 5.68. The van der Waals surface area contributed by atoms with Crippen molar-refractivity contribution < 1.29 is 18.3 Å². The minimum atomic E-state index is -0.587. The highest BCUT2D eigenvalue weighted by Gasteiger charge is 2.27. The van der Waals surface area contributed by atoms with Gasteiger partial charge in [0.05, 0.1) is 12.2 Å². The topological polar surface area (TPSA) is 32.8 Å². The van der Waals surface area contributed by atoms with Crippen LogP contribution in [0.25, 0.3) is 0 Å². The van der Waals surface area contributed by atoms with Gasteiger partial charge in [-0.3, -0.25) is 0 Å². The first-order valence-electron chi connectivity index (χ1n) is 8.29. The Hall–Kier alpha value is -1.85. The fourth-order valence-electron chi connectivity index (χ4n) is 3.28. The summed E-state index contributed by atoms with van der Waals surface area (Å²) in [5.41, 5.74) is 0.366. The molecule has 2 aliphatic heterocycles. The Balaban J connectivity index is 1.60. The van der Waals surface area contributed by atoms with Crippen molar-refractivity contribution in [2.24, 2.45) is 0 Å². The van der Waals surface area contributed by atoms with Gasteiger partial charge in [0, 0.05) is 25.7 Å². The van der Waals surface area contributed by atoms with Gasteiger partial charge in [-0.15, -0.1) is 0 Å². The maximum absolute atomic E-state index is 13.9. The van der Waals surface area contributed by atoms with Gasteiger partial charge in [-0.2, -0.15) is 0 Å². The van der Waals surface area contributed by atoms with Crippen LogP contribution in [0.3, 0.4) is 0 Å². The van der Waals surface area contributed by atoms with Crippen LogP contribution in [0.1, 0.15) is 32.1 Å². The van der Waals surface area contributed by atoms with Crippen LogP contribution in [-0.4, -0.2) is 43.3 Å². The van der Waals surface area contributed by atoms with Gasteiger partial charge in [0.1, 0.15) is 17.7 Å². The summed E-state index contributed by atoms with van der Waals surface area (Å²) in [5, 5.41) is 0. The molecule has 2 heterocycles. The van der Waals surface area contributed by atoms with E-state index in [1.165, 1.54) is 12.1 Å². The summed E-state index contributed by atoms with van der Waals surface area (Å²) in [6.45, 7) is 2.63. The molecule has 0 bridgehead atoms. The van der Waals surface area contributed by atoms with Crippen molar-refractivity contribution in [3.63, 3.8) is 0 Å². The lowest BCUT2D eigenvalue weighted by Gasteiger charge is -2.35. The van der Waals surface area contributed by atoms with Gasteiger partial charge in [-0.25, -0.2) is 13.6 Å². The normalized spacial score (nSPS) is 22.1. The second kappa shape index (κ2) is 7.15. The molecule has 0 saturated carbocycles. The fraction of sp³-hybridized carbons (Fsp3) is 0.588. The SMILES string of the molecule is O=C(OC1CCCN(c2ccc(F)cc2F)C1)N1CCCCC1. The van der Waals surface area contributed by atoms with E-state index in [1.807, 2.05) is 4.90 Å². The Labute approximate surface area is 135 Å². The third kappa shape index (κ3) is 3.92. The molecule has 23 heavy (non-hydrogen) atoms. The number of hydrogen-bond donors (Lipinski definition) is 0. The molecule has 6 heteroatoms. The Morgan fingerprint density at radius 1 is 1.09 bits per heavy atom. The third-order valence-corrected chi connectivity index (χ3v) is 4.51. The summed E-state index contributed by atoms with van der Waals surface area (Å²) in [6, 6.07) is 3.58. The summed E-state index contributed by atoms with van der Waals surface area (Å²) >= 11 is 0. The van der Waals surface area contributed by atoms with E-state index in [4.69, 9.17) is 4.74 Å². The maximum atomic E-state index is 13.9. The standard InChI is InChI=1S/C17H22F2N2O2/c18-13-6-7-16(15(19)11-13)21-10-4-5-14(12-21)23-17(22)20-8-2-1-3-9-20/h6-7,11,14H,1-5,8-10,12H2. The third-order valence-electron chi connectivity index (χ3n) is 4.51. The molecule has 0 radical (unpaired) electrons. The predicted molar refractivity (Wildman–Crippen MR) is 83.5 cm³/mol. The Bertz CT molecular complexity index is 562. The number of ether oxygens (including phenoxy) is 1. The largest absolute Gasteiger partial charge is 0.444 e. The average Bonchev–Trinajstić information content (AvgIpc) is 2.56. The minimum Gasteiger partial charge on any atom is -0.444 e. The Kier molecular flexibility index (Phi) is 4.98. The molecule has 3 rings (SSSR count). The van der Waals surface area contributed by atoms with Crippen LogP contribution in [0.4, 0.5) is 19.3 Å². The molecule has 0 aliphatic carbocycles. The zero-order valence-electron chi connectivity index (χ0n) is 13.1. The van der Waals surface area contributed by atoms with E-state index >= 15 is 0 Å². The summed E-state index contributed by atoms with van der Waals surface area (Å²) in [6.07, 6.45) is 4.27. The summed E-state index contributed by atoms with van der Waals surface area (Å²) < 4.78 is 32.5. The van der Waals surface area contributed by atoms with Gasteiger partial charge in [0.25, 0.3) is 0 Å². The first kappa shape index (κ1) is 16.0. The lowest BCUT2D eigenvalue weighted by Crippen LogP contribution is -2.44. The van der Waals surface area contributed by atoms with Crippen molar-refractivity contribution >= 4 is 11.8 Å². The Morgan fingerprint density at radius 3 is 2.61 bits per heavy atom. The molecule has 126 valence electrons. The van der Waals surface area contributed by atoms with Crippen LogP contribution in [0.2, 0.25) is 0 Å². The molecule has 1 aromatic rings. The van der Waals surface area contributed by atoms with Crippen molar-refractivity contribution in [3.8, 4) is 0 Å². The first-order chi connectivity index (χ1) is 11.1. The van der Waals surface area contributed by atoms with E-state index in [0.29, 0.717) is 18.8 Å². The summed E-state index contributed by atoms with van der Waals surface area (Å²) in [5.74, 6) is -1.16. The monoisotopic (exact) mass is 324 g/mol. The number of piperidine rings is 2. The highest BCUT2D eigenvalue weighted by Crippen LogP contribution is 2.25. The molecule has 1 atom stereocenters. The quantitative estimate of drug-likeness (QED) is 0.834. The van der Waals surface area contributed by atoms with Gasteiger partial charge < -0.3 is 14.5 Å². The summed E-state index contributed by atoms with van der Waals surface area (Å²) in [7, 11) is 0. The minimum absolute atomic E-state index is 0.248. The number of anilines is 1. The number of carbonyl (C=O) groups excluding carboxylic acids is 1. The van der Waals surface area contributed by atoms with E-state index < -0.39 is 11.6 Å². The van der Waals surface area contributed by atoms with Gasteiger partial charge in [-0.05, 0) is 44.2 Å². The number of nitrogens with zero attached hydrogens (tertiary/aromatic N) is 2. The zero-order valence-corrected chi connectivity index (χ0v) is 13.1. The van der Waals surface area contributed by atoms with Crippen LogP contribution in [0, 0.1) is 11.6 Å². The molecule has 1 aromatic carbocycles. The van der Waals surface area contributed by atoms with Crippen LogP contribution >= 0.6 is 0 Å². The van der Waals surface area contributed by atoms with Crippen molar-refractivity contribution in [3.05, 3.63) is 29.8 Å².